The topological polar surface area (TPSA) is 37.0 Å². The third-order valence-electron chi connectivity index (χ3n) is 2.33. The molecule has 1 unspecified atom stereocenters. The summed E-state index contributed by atoms with van der Waals surface area (Å²) in [6.45, 7) is 2.22. The number of nitrogens with one attached hydrogen (secondary N) is 2. The number of hydrogen-bond donors (Lipinski definition) is 2. The lowest BCUT2D eigenvalue weighted by molar-refractivity contribution is 0.480. The molecule has 0 radical (unpaired) electrons. The van der Waals surface area contributed by atoms with Gasteiger partial charge in [-0.25, -0.2) is 0 Å². The molecule has 0 aromatic carbocycles. The van der Waals surface area contributed by atoms with Crippen molar-refractivity contribution >= 4 is 5.69 Å². The number of anilines is 1. The van der Waals surface area contributed by atoms with Gasteiger partial charge in [-0.3, -0.25) is 4.98 Å². The van der Waals surface area contributed by atoms with Gasteiger partial charge in [0.2, 0.25) is 0 Å². The molecule has 0 aliphatic carbocycles. The molecule has 0 amide bonds. The number of piperidine rings is 1. The maximum Gasteiger partial charge on any atom is 0.0529 e. The Labute approximate surface area is 78.6 Å². The largest absolute Gasteiger partial charge is 0.380 e. The van der Waals surface area contributed by atoms with Crippen molar-refractivity contribution < 1.29 is 0 Å². The highest BCUT2D eigenvalue weighted by atomic mass is 15.0. The number of nitrogens with zero attached hydrogens (tertiary/aromatic N) is 1. The van der Waals surface area contributed by atoms with Crippen LogP contribution in [0.25, 0.3) is 0 Å². The van der Waals surface area contributed by atoms with E-state index in [1.54, 1.807) is 6.20 Å². The van der Waals surface area contributed by atoms with E-state index in [4.69, 9.17) is 0 Å². The Balaban J connectivity index is 1.90. The zero-order chi connectivity index (χ0) is 8.93. The van der Waals surface area contributed by atoms with E-state index in [2.05, 4.69) is 21.7 Å². The summed E-state index contributed by atoms with van der Waals surface area (Å²) in [5.74, 6) is 0. The lowest BCUT2D eigenvalue weighted by Crippen LogP contribution is -2.38. The van der Waals surface area contributed by atoms with Crippen molar-refractivity contribution in [2.75, 3.05) is 18.4 Å². The zero-order valence-electron chi connectivity index (χ0n) is 7.66. The molecule has 1 aromatic heterocycles. The Morgan fingerprint density at radius 3 is 3.23 bits per heavy atom. The standard InChI is InChI=1S/C10H15N3/c1-3-9(7-11-5-1)13-10-4-2-6-12-8-10/h1,3,5,7,10,12-13H,2,4,6,8H2. The van der Waals surface area contributed by atoms with Gasteiger partial charge >= 0.3 is 0 Å². The summed E-state index contributed by atoms with van der Waals surface area (Å²) in [4.78, 5) is 4.07. The minimum absolute atomic E-state index is 0.568. The van der Waals surface area contributed by atoms with Crippen LogP contribution in [0.15, 0.2) is 24.5 Å². The molecular weight excluding hydrogens is 162 g/mol. The summed E-state index contributed by atoms with van der Waals surface area (Å²) in [7, 11) is 0. The van der Waals surface area contributed by atoms with Crippen LogP contribution in [0.1, 0.15) is 12.8 Å². The van der Waals surface area contributed by atoms with Gasteiger partial charge < -0.3 is 10.6 Å². The fraction of sp³-hybridized carbons (Fsp3) is 0.500. The Bertz CT molecular complexity index is 242. The van der Waals surface area contributed by atoms with Gasteiger partial charge in [0.25, 0.3) is 0 Å². The second kappa shape index (κ2) is 4.23. The molecule has 2 rings (SSSR count). The highest BCUT2D eigenvalue weighted by Gasteiger charge is 2.11. The van der Waals surface area contributed by atoms with Crippen LogP contribution in [-0.4, -0.2) is 24.1 Å². The van der Waals surface area contributed by atoms with Crippen LogP contribution >= 0.6 is 0 Å². The van der Waals surface area contributed by atoms with Gasteiger partial charge in [-0.2, -0.15) is 0 Å². The van der Waals surface area contributed by atoms with Crippen molar-refractivity contribution in [1.82, 2.24) is 10.3 Å². The Morgan fingerprint density at radius 1 is 1.54 bits per heavy atom. The van der Waals surface area contributed by atoms with Crippen LogP contribution in [0, 0.1) is 0 Å². The van der Waals surface area contributed by atoms with Crippen molar-refractivity contribution in [3.05, 3.63) is 24.5 Å². The quantitative estimate of drug-likeness (QED) is 0.713. The minimum Gasteiger partial charge on any atom is -0.380 e. The molecule has 13 heavy (non-hydrogen) atoms. The van der Waals surface area contributed by atoms with Crippen LogP contribution in [0.3, 0.4) is 0 Å². The van der Waals surface area contributed by atoms with Gasteiger partial charge in [-0.05, 0) is 31.5 Å². The van der Waals surface area contributed by atoms with E-state index in [0.717, 1.165) is 18.8 Å². The first-order chi connectivity index (χ1) is 6.45. The predicted molar refractivity (Wildman–Crippen MR) is 53.8 cm³/mol. The highest BCUT2D eigenvalue weighted by molar-refractivity contribution is 5.40. The number of hydrogen-bond acceptors (Lipinski definition) is 3. The molecule has 1 aliphatic heterocycles. The molecular formula is C10H15N3. The second-order valence-electron chi connectivity index (χ2n) is 3.43. The van der Waals surface area contributed by atoms with Gasteiger partial charge in [0.05, 0.1) is 5.69 Å². The van der Waals surface area contributed by atoms with Crippen molar-refractivity contribution in [3.8, 4) is 0 Å². The molecule has 1 atom stereocenters. The van der Waals surface area contributed by atoms with E-state index in [9.17, 15) is 0 Å². The van der Waals surface area contributed by atoms with Gasteiger partial charge in [0.15, 0.2) is 0 Å². The van der Waals surface area contributed by atoms with Crippen LogP contribution in [-0.2, 0) is 0 Å². The first-order valence-corrected chi connectivity index (χ1v) is 4.82. The molecule has 3 heteroatoms. The van der Waals surface area contributed by atoms with Crippen molar-refractivity contribution in [2.45, 2.75) is 18.9 Å². The maximum absolute atomic E-state index is 4.07. The molecule has 2 heterocycles. The summed E-state index contributed by atoms with van der Waals surface area (Å²) in [5.41, 5.74) is 1.12. The Kier molecular flexibility index (Phi) is 2.77. The number of rotatable bonds is 2. The van der Waals surface area contributed by atoms with Crippen LogP contribution in [0.2, 0.25) is 0 Å². The molecule has 1 saturated heterocycles. The monoisotopic (exact) mass is 177 g/mol. The fourth-order valence-corrected chi connectivity index (χ4v) is 1.66. The smallest absolute Gasteiger partial charge is 0.0529 e. The van der Waals surface area contributed by atoms with E-state index in [0.29, 0.717) is 6.04 Å². The molecule has 3 nitrogen and oxygen atoms in total. The zero-order valence-corrected chi connectivity index (χ0v) is 7.66. The van der Waals surface area contributed by atoms with Crippen LogP contribution in [0.4, 0.5) is 5.69 Å². The molecule has 0 saturated carbocycles. The molecule has 2 N–H and O–H groups in total. The summed E-state index contributed by atoms with van der Waals surface area (Å²) in [5, 5.41) is 6.83. The van der Waals surface area contributed by atoms with Crippen molar-refractivity contribution in [2.24, 2.45) is 0 Å². The molecule has 0 bridgehead atoms. The second-order valence-corrected chi connectivity index (χ2v) is 3.43. The molecule has 1 fully saturated rings. The van der Waals surface area contributed by atoms with E-state index >= 15 is 0 Å². The molecule has 1 aromatic rings. The first-order valence-electron chi connectivity index (χ1n) is 4.82. The third kappa shape index (κ3) is 2.42. The van der Waals surface area contributed by atoms with Crippen LogP contribution in [0.5, 0.6) is 0 Å². The Morgan fingerprint density at radius 2 is 2.54 bits per heavy atom. The SMILES string of the molecule is c1cncc(NC2CCCNC2)c1. The summed E-state index contributed by atoms with van der Waals surface area (Å²) in [6, 6.07) is 4.58. The summed E-state index contributed by atoms with van der Waals surface area (Å²) in [6.07, 6.45) is 6.18. The lowest BCUT2D eigenvalue weighted by atomic mass is 10.1. The normalized spacial score (nSPS) is 22.6. The van der Waals surface area contributed by atoms with Gasteiger partial charge in [-0.15, -0.1) is 0 Å². The summed E-state index contributed by atoms with van der Waals surface area (Å²) >= 11 is 0. The fourth-order valence-electron chi connectivity index (χ4n) is 1.66. The van der Waals surface area contributed by atoms with Gasteiger partial charge in [0.1, 0.15) is 0 Å². The average molecular weight is 177 g/mol. The average Bonchev–Trinajstić information content (AvgIpc) is 2.21. The minimum atomic E-state index is 0.568. The summed E-state index contributed by atoms with van der Waals surface area (Å²) < 4.78 is 0. The number of pyridine rings is 1. The van der Waals surface area contributed by atoms with Crippen molar-refractivity contribution in [1.29, 1.82) is 0 Å². The maximum atomic E-state index is 4.07. The van der Waals surface area contributed by atoms with E-state index in [-0.39, 0.29) is 0 Å². The molecule has 0 spiro atoms. The highest BCUT2D eigenvalue weighted by Crippen LogP contribution is 2.10. The van der Waals surface area contributed by atoms with Gasteiger partial charge in [0, 0.05) is 25.0 Å². The number of aromatic nitrogens is 1. The van der Waals surface area contributed by atoms with Gasteiger partial charge in [-0.1, -0.05) is 0 Å². The van der Waals surface area contributed by atoms with Crippen LogP contribution < -0.4 is 10.6 Å². The Hall–Kier alpha value is -1.09. The van der Waals surface area contributed by atoms with E-state index < -0.39 is 0 Å². The third-order valence-corrected chi connectivity index (χ3v) is 2.33. The van der Waals surface area contributed by atoms with Crippen molar-refractivity contribution in [3.63, 3.8) is 0 Å². The lowest BCUT2D eigenvalue weighted by Gasteiger charge is -2.24. The molecule has 1 aliphatic rings. The first kappa shape index (κ1) is 8.51. The van der Waals surface area contributed by atoms with E-state index in [1.807, 2.05) is 12.3 Å². The molecule has 70 valence electrons. The van der Waals surface area contributed by atoms with E-state index in [1.165, 1.54) is 12.8 Å². The predicted octanol–water partition coefficient (Wildman–Crippen LogP) is 1.25.